The van der Waals surface area contributed by atoms with E-state index in [1.165, 1.54) is 0 Å². The lowest BCUT2D eigenvalue weighted by atomic mass is 10.4. The molecule has 1 nitrogen and oxygen atoms in total. The van der Waals surface area contributed by atoms with Gasteiger partial charge in [0.15, 0.2) is 6.07 Å². The zero-order valence-corrected chi connectivity index (χ0v) is 46.0. The summed E-state index contributed by atoms with van der Waals surface area (Å²) in [4.78, 5) is 0. The van der Waals surface area contributed by atoms with E-state index < -0.39 is 0 Å². The fraction of sp³-hybridized carbons (Fsp3) is 0. The maximum atomic E-state index is 8.22. The molecule has 0 saturated heterocycles. The van der Waals surface area contributed by atoms with Crippen LogP contribution in [0, 0.1) is 545 Å². The predicted octanol–water partition coefficient (Wildman–Crippen LogP) is 0.293. The molecule has 0 aromatic carbocycles. The summed E-state index contributed by atoms with van der Waals surface area (Å²) in [5.74, 6) is 220. The van der Waals surface area contributed by atoms with E-state index in [2.05, 4.69) is 527 Å². The Morgan fingerprint density at radius 2 is 0.141 bits per heavy atom. The summed E-state index contributed by atoms with van der Waals surface area (Å²) in [5.41, 5.74) is 0. The van der Waals surface area contributed by atoms with Crippen LogP contribution in [0.4, 0.5) is 0 Å². The van der Waals surface area contributed by atoms with Crippen LogP contribution in [-0.4, -0.2) is 0 Å². The van der Waals surface area contributed by atoms with Gasteiger partial charge in [0.05, 0.1) is 0 Å². The van der Waals surface area contributed by atoms with Crippen LogP contribution in [-0.2, 0) is 0 Å². The van der Waals surface area contributed by atoms with Crippen molar-refractivity contribution in [1.82, 2.24) is 0 Å². The first-order valence-corrected chi connectivity index (χ1v) is 22.8. The van der Waals surface area contributed by atoms with Crippen LogP contribution >= 0.6 is 0 Å². The van der Waals surface area contributed by atoms with Crippen molar-refractivity contribution in [3.63, 3.8) is 0 Å². The zero-order valence-electron chi connectivity index (χ0n) is 46.0. The van der Waals surface area contributed by atoms with Crippen LogP contribution < -0.4 is 0 Å². The number of nitrogens with zero attached hydrogens (tertiary/aromatic N) is 1. The van der Waals surface area contributed by atoms with Crippen molar-refractivity contribution in [3.05, 3.63) is 0 Å². The molecule has 0 fully saturated rings. The SMILES string of the molecule is C#CC#CC#CC#CC#CC#CC#CC#CC#CC#CC#CC#CC#CC#CC#CC#CC#CC#CC#CC#CC#CC#CC#CC#CC#CC#CC#CC#CC#CC#CC#CC#CC#CC#CC#CC#CC#CC#CC#CC#CC#CC#CC#CC#CC#CC#N. The molecule has 0 aliphatic heterocycles. The molecule has 0 N–H and O–H groups in total. The summed E-state index contributed by atoms with van der Waals surface area (Å²) >= 11 is 0. The first-order chi connectivity index (χ1) is 45.9. The normalized spacial score (nSPS) is 3.93. The molecule has 0 aromatic rings. The standard InChI is InChI=1S/C91HN/c1-2-3-4-5-6-7-8-9-10-11-12-13-14-15-16-17-18-19-20-21-22-23-24-25-26-27-28-29-30-31-32-33-34-35-36-37-38-39-40-41-42-43-44-45-46-47-48-49-50-51-52-53-54-55-56-57-58-59-60-61-62-63-64-65-66-67-68-69-70-71-72-73-74-75-76-77-78-79-80-81-82-83-84-85-86-87-88-89-90-91-92/h1H. The van der Waals surface area contributed by atoms with Crippen molar-refractivity contribution in [3.8, 4) is 539 Å². The third-order valence-electron chi connectivity index (χ3n) is 5.57. The molecule has 0 atom stereocenters. The molecule has 370 valence electrons. The molecule has 0 aliphatic carbocycles. The summed E-state index contributed by atoms with van der Waals surface area (Å²) < 4.78 is 0. The highest BCUT2D eigenvalue weighted by Crippen LogP contribution is 1.66. The molecule has 0 aromatic heterocycles. The van der Waals surface area contributed by atoms with Gasteiger partial charge in [0.25, 0.3) is 0 Å². The minimum Gasteiger partial charge on any atom is -0.183 e. The van der Waals surface area contributed by atoms with Crippen LogP contribution in [0.2, 0.25) is 0 Å². The maximum Gasteiger partial charge on any atom is 0.153 e. The third-order valence-corrected chi connectivity index (χ3v) is 5.57. The highest BCUT2D eigenvalue weighted by Gasteiger charge is 1.66. The van der Waals surface area contributed by atoms with E-state index in [9.17, 15) is 0 Å². The first kappa shape index (κ1) is 71.7. The second-order valence-electron chi connectivity index (χ2n) is 11.3. The van der Waals surface area contributed by atoms with Gasteiger partial charge in [-0.3, -0.25) is 0 Å². The van der Waals surface area contributed by atoms with Crippen molar-refractivity contribution >= 4 is 0 Å². The molecule has 0 spiro atoms. The summed E-state index contributed by atoms with van der Waals surface area (Å²) in [6.07, 6.45) is 4.95. The van der Waals surface area contributed by atoms with Crippen LogP contribution in [0.3, 0.4) is 0 Å². The number of hydrogen-bond acceptors (Lipinski definition) is 1. The lowest BCUT2D eigenvalue weighted by molar-refractivity contribution is 1.55. The topological polar surface area (TPSA) is 23.8 Å². The maximum absolute atomic E-state index is 8.22. The van der Waals surface area contributed by atoms with Crippen molar-refractivity contribution in [1.29, 1.82) is 5.26 Å². The minimum absolute atomic E-state index is 1.62. The van der Waals surface area contributed by atoms with Crippen molar-refractivity contribution < 1.29 is 0 Å². The van der Waals surface area contributed by atoms with Gasteiger partial charge in [-0.2, -0.15) is 5.26 Å². The number of terminal acetylenes is 1. The minimum atomic E-state index is 1.62. The van der Waals surface area contributed by atoms with E-state index in [1.807, 2.05) is 0 Å². The van der Waals surface area contributed by atoms with Gasteiger partial charge in [0, 0.05) is 480 Å². The first-order valence-electron chi connectivity index (χ1n) is 22.8. The Hall–Kier alpha value is -20.3. The van der Waals surface area contributed by atoms with Gasteiger partial charge in [-0.05, 0) is 47.4 Å². The Balaban J connectivity index is 4.63. The van der Waals surface area contributed by atoms with Gasteiger partial charge >= 0.3 is 0 Å². The molecule has 0 aliphatic rings. The fourth-order valence-corrected chi connectivity index (χ4v) is 2.75. The van der Waals surface area contributed by atoms with Crippen LogP contribution in [0.15, 0.2) is 0 Å². The fourth-order valence-electron chi connectivity index (χ4n) is 2.75. The molecule has 0 radical (unpaired) electrons. The van der Waals surface area contributed by atoms with E-state index in [0.29, 0.717) is 0 Å². The third kappa shape index (κ3) is 69.7. The van der Waals surface area contributed by atoms with Gasteiger partial charge in [-0.1, -0.05) is 0 Å². The molecule has 0 saturated carbocycles. The van der Waals surface area contributed by atoms with E-state index >= 15 is 0 Å². The zero-order chi connectivity index (χ0) is 65.6. The summed E-state index contributed by atoms with van der Waals surface area (Å²) in [7, 11) is 0. The highest BCUT2D eigenvalue weighted by atomic mass is 14.2. The predicted molar refractivity (Wildman–Crippen MR) is 357 cm³/mol. The second kappa shape index (κ2) is 70.7. The lowest BCUT2D eigenvalue weighted by Gasteiger charge is -1.58. The van der Waals surface area contributed by atoms with E-state index in [4.69, 9.17) is 11.7 Å². The Labute approximate surface area is 541 Å². The number of rotatable bonds is 0. The molecule has 1 heteroatoms. The van der Waals surface area contributed by atoms with Crippen LogP contribution in [0.5, 0.6) is 0 Å². The Morgan fingerprint density at radius 1 is 0.0870 bits per heavy atom. The quantitative estimate of drug-likeness (QED) is 0.321. The van der Waals surface area contributed by atoms with Crippen LogP contribution in [0.25, 0.3) is 0 Å². The molecule has 0 rings (SSSR count). The second-order valence-corrected chi connectivity index (χ2v) is 11.3. The molecule has 0 bridgehead atoms. The Bertz CT molecular complexity index is 6030. The van der Waals surface area contributed by atoms with Gasteiger partial charge in [0.2, 0.25) is 0 Å². The van der Waals surface area contributed by atoms with Gasteiger partial charge < -0.3 is 0 Å². The molecular formula is C91HN. The summed E-state index contributed by atoms with van der Waals surface area (Å²) in [5, 5.41) is 8.22. The Morgan fingerprint density at radius 3 is 0.196 bits per heavy atom. The van der Waals surface area contributed by atoms with E-state index in [1.54, 1.807) is 6.07 Å². The summed E-state index contributed by atoms with van der Waals surface area (Å²) in [6.45, 7) is 0. The van der Waals surface area contributed by atoms with Crippen molar-refractivity contribution in [2.45, 2.75) is 0 Å². The van der Waals surface area contributed by atoms with Crippen molar-refractivity contribution in [2.24, 2.45) is 0 Å². The average molecular weight is 1110 g/mol. The molecule has 0 amide bonds. The monoisotopic (exact) mass is 1110 g/mol. The van der Waals surface area contributed by atoms with Gasteiger partial charge in [-0.25, -0.2) is 0 Å². The summed E-state index contributed by atoms with van der Waals surface area (Å²) in [6, 6.07) is 1.62. The molecular weight excluding hydrogens is 1110 g/mol. The number of nitriles is 1. The van der Waals surface area contributed by atoms with Gasteiger partial charge in [0.1, 0.15) is 0 Å². The molecule has 0 heterocycles. The van der Waals surface area contributed by atoms with E-state index in [-0.39, 0.29) is 0 Å². The average Bonchev–Trinajstić information content (AvgIpc) is 3.57. The lowest BCUT2D eigenvalue weighted by Crippen LogP contribution is -1.57. The molecule has 0 unspecified atom stereocenters. The van der Waals surface area contributed by atoms with Gasteiger partial charge in [-0.15, -0.1) is 6.42 Å². The number of hydrogen-bond donors (Lipinski definition) is 0. The largest absolute Gasteiger partial charge is 0.183 e. The van der Waals surface area contributed by atoms with Crippen molar-refractivity contribution in [2.75, 3.05) is 0 Å². The van der Waals surface area contributed by atoms with E-state index in [0.717, 1.165) is 0 Å². The smallest absolute Gasteiger partial charge is 0.153 e. The highest BCUT2D eigenvalue weighted by molar-refractivity contribution is 5.55. The van der Waals surface area contributed by atoms with Crippen LogP contribution in [0.1, 0.15) is 0 Å². The molecule has 92 heavy (non-hydrogen) atoms. The Kier molecular flexibility index (Phi) is 55.1.